The van der Waals surface area contributed by atoms with Gasteiger partial charge in [0.1, 0.15) is 0 Å². The van der Waals surface area contributed by atoms with Crippen LogP contribution in [0.4, 0.5) is 0 Å². The van der Waals surface area contributed by atoms with E-state index in [4.69, 9.17) is 4.74 Å². The number of rotatable bonds is 3. The van der Waals surface area contributed by atoms with Gasteiger partial charge < -0.3 is 10.1 Å². The molecule has 0 unspecified atom stereocenters. The van der Waals surface area contributed by atoms with Gasteiger partial charge in [0, 0.05) is 13.0 Å². The summed E-state index contributed by atoms with van der Waals surface area (Å²) in [4.78, 5) is 22.5. The summed E-state index contributed by atoms with van der Waals surface area (Å²) in [5.41, 5.74) is 2.78. The molecule has 1 aromatic rings. The van der Waals surface area contributed by atoms with Crippen molar-refractivity contribution in [1.82, 2.24) is 5.32 Å². The molecule has 0 spiro atoms. The van der Waals surface area contributed by atoms with E-state index in [9.17, 15) is 9.59 Å². The van der Waals surface area contributed by atoms with Gasteiger partial charge in [0.2, 0.25) is 5.91 Å². The first-order valence-electron chi connectivity index (χ1n) is 6.42. The van der Waals surface area contributed by atoms with Gasteiger partial charge in [-0.2, -0.15) is 0 Å². The minimum Gasteiger partial charge on any atom is -0.462 e. The Balaban J connectivity index is 2.04. The smallest absolute Gasteiger partial charge is 0.338 e. The third kappa shape index (κ3) is 3.68. The molecule has 1 amide bonds. The maximum atomic E-state index is 11.5. The molecule has 1 aliphatic heterocycles. The lowest BCUT2D eigenvalue weighted by Gasteiger charge is -2.15. The highest BCUT2D eigenvalue weighted by molar-refractivity contribution is 5.89. The standard InChI is InChI=1S/C15H17NO3/c1-2-19-15(18)13-6-3-11(4-7-13)9-12-5-8-14(17)16-10-12/h3-4,6-7,9H,2,5,8,10H2,1H3,(H,16,17)/b12-9-. The Morgan fingerprint density at radius 2 is 2.05 bits per heavy atom. The minimum absolute atomic E-state index is 0.106. The summed E-state index contributed by atoms with van der Waals surface area (Å²) in [7, 11) is 0. The van der Waals surface area contributed by atoms with Crippen LogP contribution in [-0.4, -0.2) is 25.0 Å². The number of piperidine rings is 1. The first kappa shape index (κ1) is 13.3. The van der Waals surface area contributed by atoms with E-state index < -0.39 is 0 Å². The molecular formula is C15H17NO3. The molecule has 0 bridgehead atoms. The highest BCUT2D eigenvalue weighted by Gasteiger charge is 2.11. The molecule has 1 fully saturated rings. The molecular weight excluding hydrogens is 242 g/mol. The second-order valence-corrected chi connectivity index (χ2v) is 4.42. The summed E-state index contributed by atoms with van der Waals surface area (Å²) in [5, 5.41) is 2.82. The summed E-state index contributed by atoms with van der Waals surface area (Å²) < 4.78 is 4.93. The van der Waals surface area contributed by atoms with Crippen LogP contribution in [0.15, 0.2) is 29.8 Å². The lowest BCUT2D eigenvalue weighted by Crippen LogP contribution is -2.30. The van der Waals surface area contributed by atoms with Crippen LogP contribution in [-0.2, 0) is 9.53 Å². The van der Waals surface area contributed by atoms with Gasteiger partial charge in [-0.25, -0.2) is 4.79 Å². The van der Waals surface area contributed by atoms with Gasteiger partial charge in [-0.1, -0.05) is 18.2 Å². The molecule has 0 atom stereocenters. The van der Waals surface area contributed by atoms with Crippen molar-refractivity contribution in [2.45, 2.75) is 19.8 Å². The average molecular weight is 259 g/mol. The predicted octanol–water partition coefficient (Wildman–Crippen LogP) is 2.16. The van der Waals surface area contributed by atoms with Crippen molar-refractivity contribution < 1.29 is 14.3 Å². The molecule has 0 aliphatic carbocycles. The maximum absolute atomic E-state index is 11.5. The third-order valence-electron chi connectivity index (χ3n) is 2.98. The number of hydrogen-bond acceptors (Lipinski definition) is 3. The summed E-state index contributed by atoms with van der Waals surface area (Å²) >= 11 is 0. The van der Waals surface area contributed by atoms with E-state index in [-0.39, 0.29) is 11.9 Å². The molecule has 0 radical (unpaired) electrons. The molecule has 1 heterocycles. The van der Waals surface area contributed by atoms with E-state index in [1.165, 1.54) is 5.57 Å². The second-order valence-electron chi connectivity index (χ2n) is 4.42. The van der Waals surface area contributed by atoms with E-state index in [1.807, 2.05) is 18.2 Å². The molecule has 4 heteroatoms. The maximum Gasteiger partial charge on any atom is 0.338 e. The average Bonchev–Trinajstić information content (AvgIpc) is 2.42. The van der Waals surface area contributed by atoms with Crippen LogP contribution in [0.25, 0.3) is 6.08 Å². The lowest BCUT2D eigenvalue weighted by molar-refractivity contribution is -0.121. The van der Waals surface area contributed by atoms with E-state index in [2.05, 4.69) is 5.32 Å². The first-order chi connectivity index (χ1) is 9.19. The van der Waals surface area contributed by atoms with Gasteiger partial charge in [0.15, 0.2) is 0 Å². The van der Waals surface area contributed by atoms with Crippen LogP contribution in [0.1, 0.15) is 35.7 Å². The first-order valence-corrected chi connectivity index (χ1v) is 6.42. The number of esters is 1. The summed E-state index contributed by atoms with van der Waals surface area (Å²) in [6.07, 6.45) is 3.40. The van der Waals surface area contributed by atoms with Crippen LogP contribution in [0.2, 0.25) is 0 Å². The molecule has 0 aromatic heterocycles. The van der Waals surface area contributed by atoms with Gasteiger partial charge >= 0.3 is 5.97 Å². The van der Waals surface area contributed by atoms with E-state index in [0.717, 1.165) is 12.0 Å². The Bertz CT molecular complexity index is 491. The molecule has 1 N–H and O–H groups in total. The third-order valence-corrected chi connectivity index (χ3v) is 2.98. The zero-order valence-electron chi connectivity index (χ0n) is 10.9. The zero-order valence-corrected chi connectivity index (χ0v) is 10.9. The molecule has 1 aromatic carbocycles. The monoisotopic (exact) mass is 259 g/mol. The molecule has 100 valence electrons. The van der Waals surface area contributed by atoms with Crippen LogP contribution < -0.4 is 5.32 Å². The van der Waals surface area contributed by atoms with Gasteiger partial charge in [0.25, 0.3) is 0 Å². The van der Waals surface area contributed by atoms with Crippen molar-refractivity contribution in [2.75, 3.05) is 13.2 Å². The Hall–Kier alpha value is -2.10. The fourth-order valence-electron chi connectivity index (χ4n) is 1.95. The second kappa shape index (κ2) is 6.18. The summed E-state index contributed by atoms with van der Waals surface area (Å²) in [6.45, 7) is 2.77. The Morgan fingerprint density at radius 3 is 2.63 bits per heavy atom. The zero-order chi connectivity index (χ0) is 13.7. The number of hydrogen-bond donors (Lipinski definition) is 1. The molecule has 0 saturated carbocycles. The highest BCUT2D eigenvalue weighted by atomic mass is 16.5. The Morgan fingerprint density at radius 1 is 1.32 bits per heavy atom. The number of benzene rings is 1. The van der Waals surface area contributed by atoms with Crippen LogP contribution in [0, 0.1) is 0 Å². The SMILES string of the molecule is CCOC(=O)c1ccc(/C=C2/CCC(=O)NC2)cc1. The fourth-order valence-corrected chi connectivity index (χ4v) is 1.95. The number of carbonyl (C=O) groups excluding carboxylic acids is 2. The van der Waals surface area contributed by atoms with Crippen LogP contribution in [0.5, 0.6) is 0 Å². The van der Waals surface area contributed by atoms with Gasteiger partial charge in [0.05, 0.1) is 12.2 Å². The quantitative estimate of drug-likeness (QED) is 0.846. The molecule has 19 heavy (non-hydrogen) atoms. The van der Waals surface area contributed by atoms with Gasteiger partial charge in [-0.3, -0.25) is 4.79 Å². The van der Waals surface area contributed by atoms with Crippen LogP contribution in [0.3, 0.4) is 0 Å². The summed E-state index contributed by atoms with van der Waals surface area (Å²) in [6, 6.07) is 7.28. The van der Waals surface area contributed by atoms with E-state index in [1.54, 1.807) is 19.1 Å². The normalized spacial score (nSPS) is 17.1. The van der Waals surface area contributed by atoms with Crippen molar-refractivity contribution in [1.29, 1.82) is 0 Å². The lowest BCUT2D eigenvalue weighted by atomic mass is 10.0. The number of carbonyl (C=O) groups is 2. The Labute approximate surface area is 112 Å². The number of ether oxygens (including phenoxy) is 1. The van der Waals surface area contributed by atoms with Crippen LogP contribution >= 0.6 is 0 Å². The molecule has 1 aliphatic rings. The summed E-state index contributed by atoms with van der Waals surface area (Å²) in [5.74, 6) is -0.193. The minimum atomic E-state index is -0.299. The Kier molecular flexibility index (Phi) is 4.34. The topological polar surface area (TPSA) is 55.4 Å². The van der Waals surface area contributed by atoms with Crippen molar-refractivity contribution in [3.63, 3.8) is 0 Å². The highest BCUT2D eigenvalue weighted by Crippen LogP contribution is 2.15. The van der Waals surface area contributed by atoms with Gasteiger partial charge in [-0.05, 0) is 36.6 Å². The van der Waals surface area contributed by atoms with Crippen molar-refractivity contribution >= 4 is 18.0 Å². The van der Waals surface area contributed by atoms with Crippen molar-refractivity contribution in [2.24, 2.45) is 0 Å². The number of amides is 1. The van der Waals surface area contributed by atoms with Crippen molar-refractivity contribution in [3.05, 3.63) is 41.0 Å². The predicted molar refractivity (Wildman–Crippen MR) is 72.6 cm³/mol. The van der Waals surface area contributed by atoms with Crippen molar-refractivity contribution in [3.8, 4) is 0 Å². The molecule has 2 rings (SSSR count). The molecule has 4 nitrogen and oxygen atoms in total. The largest absolute Gasteiger partial charge is 0.462 e. The molecule has 1 saturated heterocycles. The van der Waals surface area contributed by atoms with Gasteiger partial charge in [-0.15, -0.1) is 0 Å². The van der Waals surface area contributed by atoms with E-state index >= 15 is 0 Å². The number of nitrogens with one attached hydrogen (secondary N) is 1. The fraction of sp³-hybridized carbons (Fsp3) is 0.333. The van der Waals surface area contributed by atoms with E-state index in [0.29, 0.717) is 25.1 Å².